The number of likely N-dealkylation sites (tertiary alicyclic amines) is 1. The normalized spacial score (nSPS) is 15.2. The van der Waals surface area contributed by atoms with Gasteiger partial charge in [-0.2, -0.15) is 0 Å². The fourth-order valence-electron chi connectivity index (χ4n) is 7.94. The number of thiazole rings is 1. The van der Waals surface area contributed by atoms with Crippen molar-refractivity contribution < 1.29 is 42.4 Å². The highest BCUT2D eigenvalue weighted by atomic mass is 32.2. The molecule has 74 heavy (non-hydrogen) atoms. The van der Waals surface area contributed by atoms with Crippen LogP contribution >= 0.6 is 22.7 Å². The van der Waals surface area contributed by atoms with Gasteiger partial charge in [0.1, 0.15) is 12.1 Å². The first kappa shape index (κ1) is 54.3. The number of carbonyl (C=O) groups is 4. The van der Waals surface area contributed by atoms with E-state index in [-0.39, 0.29) is 59.3 Å². The van der Waals surface area contributed by atoms with Gasteiger partial charge in [0.2, 0.25) is 29.4 Å². The van der Waals surface area contributed by atoms with Crippen LogP contribution in [0.2, 0.25) is 0 Å². The molecule has 4 aromatic heterocycles. The lowest BCUT2D eigenvalue weighted by Crippen LogP contribution is -2.57. The van der Waals surface area contributed by atoms with E-state index in [9.17, 15) is 42.8 Å². The minimum absolute atomic E-state index is 0.0301. The molecule has 1 aliphatic rings. The number of hydrogen-bond acceptors (Lipinski definition) is 17. The van der Waals surface area contributed by atoms with Crippen LogP contribution in [0.15, 0.2) is 89.5 Å². The molecule has 0 bridgehead atoms. The molecule has 1 fully saturated rings. The average molecular weight is 1070 g/mol. The van der Waals surface area contributed by atoms with Crippen LogP contribution < -0.4 is 25.4 Å². The Hall–Kier alpha value is -7.48. The highest BCUT2D eigenvalue weighted by molar-refractivity contribution is 7.92. The monoisotopic (exact) mass is 1070 g/mol. The molecule has 0 spiro atoms. The number of rotatable bonds is 22. The molecule has 1 unspecified atom stereocenters. The molecule has 22 nitrogen and oxygen atoms in total. The molecule has 2 aromatic carbocycles. The Morgan fingerprint density at radius 2 is 1.76 bits per heavy atom. The van der Waals surface area contributed by atoms with E-state index in [4.69, 9.17) is 4.74 Å². The van der Waals surface area contributed by atoms with Crippen molar-refractivity contribution in [3.05, 3.63) is 122 Å². The topological polar surface area (TPSA) is 296 Å². The molecule has 0 radical (unpaired) electrons. The number of amides is 4. The summed E-state index contributed by atoms with van der Waals surface area (Å²) in [6, 6.07) is 14.2. The van der Waals surface area contributed by atoms with Crippen LogP contribution in [0.5, 0.6) is 5.88 Å². The van der Waals surface area contributed by atoms with Gasteiger partial charge in [-0.15, -0.1) is 16.4 Å². The molecule has 5 heterocycles. The molecule has 3 atom stereocenters. The Morgan fingerprint density at radius 3 is 2.43 bits per heavy atom. The molecule has 6 aromatic rings. The van der Waals surface area contributed by atoms with Crippen LogP contribution in [0.1, 0.15) is 74.0 Å². The van der Waals surface area contributed by atoms with E-state index in [1.165, 1.54) is 66.8 Å². The predicted octanol–water partition coefficient (Wildman–Crippen LogP) is 5.70. The van der Waals surface area contributed by atoms with Crippen molar-refractivity contribution in [3.8, 4) is 16.3 Å². The van der Waals surface area contributed by atoms with Gasteiger partial charge in [0.05, 0.1) is 56.7 Å². The summed E-state index contributed by atoms with van der Waals surface area (Å²) < 4.78 is 35.9. The van der Waals surface area contributed by atoms with Gasteiger partial charge < -0.3 is 30.7 Å². The fourth-order valence-corrected chi connectivity index (χ4v) is 10.5. The minimum Gasteiger partial charge on any atom is -0.478 e. The molecular weight excluding hydrogens is 1010 g/mol. The van der Waals surface area contributed by atoms with E-state index in [2.05, 4.69) is 45.9 Å². The van der Waals surface area contributed by atoms with Crippen molar-refractivity contribution in [1.82, 2.24) is 45.5 Å². The van der Waals surface area contributed by atoms with Gasteiger partial charge in [0, 0.05) is 61.4 Å². The number of sulfonamides is 1. The summed E-state index contributed by atoms with van der Waals surface area (Å²) in [7, 11) is -2.81. The fraction of sp³-hybridized carbons (Fsp3) is 0.367. The average Bonchev–Trinajstić information content (AvgIpc) is 4.20. The molecule has 0 aliphatic carbocycles. The Kier molecular flexibility index (Phi) is 17.6. The van der Waals surface area contributed by atoms with Gasteiger partial charge >= 0.3 is 5.00 Å². The number of carbonyl (C=O) groups excluding carboxylic acids is 4. The summed E-state index contributed by atoms with van der Waals surface area (Å²) >= 11 is 2.48. The zero-order valence-electron chi connectivity index (χ0n) is 41.2. The Balaban J connectivity index is 0.838. The first-order chi connectivity index (χ1) is 35.3. The van der Waals surface area contributed by atoms with Crippen LogP contribution in [0.25, 0.3) is 16.5 Å². The second-order valence-corrected chi connectivity index (χ2v) is 22.1. The molecule has 5 N–H and O–H groups in total. The lowest BCUT2D eigenvalue weighted by Gasteiger charge is -2.35. The second-order valence-electron chi connectivity index (χ2n) is 18.5. The third-order valence-corrected chi connectivity index (χ3v) is 15.1. The number of nitrogens with zero attached hydrogens (tertiary/aromatic N) is 8. The molecule has 4 amide bonds. The first-order valence-corrected chi connectivity index (χ1v) is 26.6. The van der Waals surface area contributed by atoms with Gasteiger partial charge in [0.25, 0.3) is 15.9 Å². The summed E-state index contributed by atoms with van der Waals surface area (Å²) in [6.45, 7) is 8.14. The first-order valence-electron chi connectivity index (χ1n) is 23.5. The summed E-state index contributed by atoms with van der Waals surface area (Å²) in [5, 5.41) is 38.3. The van der Waals surface area contributed by atoms with Crippen molar-refractivity contribution >= 4 is 78.9 Å². The number of nitrogens with one attached hydrogen (secondary N) is 4. The number of anilines is 2. The van der Waals surface area contributed by atoms with Crippen LogP contribution in [0.3, 0.4) is 0 Å². The third-order valence-electron chi connectivity index (χ3n) is 11.8. The van der Waals surface area contributed by atoms with Crippen LogP contribution in [0.4, 0.5) is 16.5 Å². The number of aryl methyl sites for hydroxylation is 4. The summed E-state index contributed by atoms with van der Waals surface area (Å²) in [6.07, 6.45) is 7.06. The molecular formula is C49H56N12O10S3. The molecule has 0 saturated carbocycles. The number of thiophene rings is 1. The smallest absolute Gasteiger partial charge is 0.324 e. The number of methoxy groups -OCH3 is 1. The van der Waals surface area contributed by atoms with Crippen LogP contribution in [-0.2, 0) is 55.1 Å². The van der Waals surface area contributed by atoms with Crippen molar-refractivity contribution in [2.24, 2.45) is 5.41 Å². The third kappa shape index (κ3) is 14.4. The number of aliphatic hydroxyl groups is 1. The predicted molar refractivity (Wildman–Crippen MR) is 277 cm³/mol. The Morgan fingerprint density at radius 1 is 1.01 bits per heavy atom. The van der Waals surface area contributed by atoms with E-state index >= 15 is 0 Å². The number of aromatic nitrogens is 6. The zero-order chi connectivity index (χ0) is 53.2. The minimum atomic E-state index is -4.15. The van der Waals surface area contributed by atoms with Gasteiger partial charge in [-0.05, 0) is 85.6 Å². The molecule has 25 heteroatoms. The Bertz CT molecular complexity index is 3110. The molecule has 1 saturated heterocycles. The van der Waals surface area contributed by atoms with Gasteiger partial charge in [-0.1, -0.05) is 61.6 Å². The summed E-state index contributed by atoms with van der Waals surface area (Å²) in [5.41, 5.74) is 5.48. The molecule has 1 aliphatic heterocycles. The van der Waals surface area contributed by atoms with Crippen molar-refractivity contribution in [2.45, 2.75) is 102 Å². The van der Waals surface area contributed by atoms with Gasteiger partial charge in [-0.25, -0.2) is 23.4 Å². The highest BCUT2D eigenvalue weighted by Crippen LogP contribution is 2.30. The number of β-amino-alcohol motifs (C(OH)–C–C–N with tert-alkyl or cyclic N) is 1. The number of benzene rings is 2. The zero-order valence-corrected chi connectivity index (χ0v) is 43.6. The highest BCUT2D eigenvalue weighted by Gasteiger charge is 2.44. The van der Waals surface area contributed by atoms with E-state index in [0.29, 0.717) is 54.2 Å². The van der Waals surface area contributed by atoms with E-state index in [0.717, 1.165) is 33.0 Å². The summed E-state index contributed by atoms with van der Waals surface area (Å²) in [5.74, 6) is -1.84. The van der Waals surface area contributed by atoms with Crippen molar-refractivity contribution in [1.29, 1.82) is 0 Å². The Labute approximate surface area is 434 Å². The van der Waals surface area contributed by atoms with Crippen LogP contribution in [0, 0.1) is 22.5 Å². The lowest BCUT2D eigenvalue weighted by molar-refractivity contribution is -0.380. The number of ether oxygens (including phenoxy) is 1. The maximum absolute atomic E-state index is 14.1. The maximum atomic E-state index is 14.1. The summed E-state index contributed by atoms with van der Waals surface area (Å²) in [4.78, 5) is 79.5. The maximum Gasteiger partial charge on any atom is 0.324 e. The quantitative estimate of drug-likeness (QED) is 0.0310. The SMILES string of the molecule is COc1nc(CCCn2cc(CCCC(=O)NC(C(=O)N3C[C@H](O)C[C@H]3C(=O)NCc3ccc(-c4scnc4C)cc3)C(C)(C)C)nn2)cnc1NS(=O)(=O)c1ccc(NC(=O)/C=C/c2ccc([N+](=O)[O-])s2)cc1. The molecule has 7 rings (SSSR count). The van der Waals surface area contributed by atoms with Gasteiger partial charge in [0.15, 0.2) is 0 Å². The van der Waals surface area contributed by atoms with Crippen LogP contribution in [-0.4, -0.2) is 109 Å². The number of aliphatic hydroxyl groups excluding tert-OH is 1. The van der Waals surface area contributed by atoms with E-state index in [1.54, 1.807) is 27.7 Å². The van der Waals surface area contributed by atoms with Gasteiger partial charge in [-0.3, -0.25) is 38.7 Å². The van der Waals surface area contributed by atoms with E-state index < -0.39 is 50.4 Å². The number of hydrogen-bond donors (Lipinski definition) is 5. The standard InChI is InChI=1S/C49H56N12O10S3/c1-30-43(72-29-52-30)32-13-11-31(12-14-32)25-51-46(65)39-24-36(62)28-60(39)48(66)44(49(2,3)4)55-40(63)10-6-8-35-27-59(58-56-35)23-7-9-34-26-50-45(47(54-34)71-5)57-74(69,70)38-19-15-33(16-20-38)53-41(64)21-17-37-18-22-42(73-37)61(67)68/h11-22,26-27,29,36,39,44,62H,6-10,23-25,28H2,1-5H3,(H,50,57)(H,51,65)(H,53,64)(H,55,63)/b21-17+/t36-,39+,44?/m1/s1. The van der Waals surface area contributed by atoms with Crippen molar-refractivity contribution in [2.75, 3.05) is 23.7 Å². The van der Waals surface area contributed by atoms with Crippen molar-refractivity contribution in [3.63, 3.8) is 0 Å². The van der Waals surface area contributed by atoms with E-state index in [1.807, 2.05) is 52.0 Å². The lowest BCUT2D eigenvalue weighted by atomic mass is 9.85. The molecule has 390 valence electrons. The second kappa shape index (κ2) is 24.0. The largest absolute Gasteiger partial charge is 0.478 e. The number of nitro groups is 1.